The van der Waals surface area contributed by atoms with E-state index in [0.717, 1.165) is 11.3 Å². The Kier molecular flexibility index (Phi) is 4.65. The molecule has 5 nitrogen and oxygen atoms in total. The van der Waals surface area contributed by atoms with Gasteiger partial charge in [0, 0.05) is 23.7 Å². The molecular weight excluding hydrogens is 292 g/mol. The monoisotopic (exact) mass is 306 g/mol. The number of nitro groups is 1. The third-order valence-electron chi connectivity index (χ3n) is 3.06. The van der Waals surface area contributed by atoms with E-state index in [1.54, 1.807) is 7.11 Å². The molecule has 1 N–H and O–H groups in total. The molecule has 110 valence electrons. The first-order valence-electron chi connectivity index (χ1n) is 6.32. The second-order valence-electron chi connectivity index (χ2n) is 4.59. The van der Waals surface area contributed by atoms with Crippen LogP contribution in [0.15, 0.2) is 36.4 Å². The summed E-state index contributed by atoms with van der Waals surface area (Å²) in [6.45, 7) is 2.35. The standard InChI is InChI=1S/C15H15ClN2O3/c1-10-3-6-15(21-2)14(7-10)17-9-11-8-12(18(19)20)4-5-13(11)16/h3-8,17H,9H2,1-2H3. The summed E-state index contributed by atoms with van der Waals surface area (Å²) < 4.78 is 5.28. The average molecular weight is 307 g/mol. The molecule has 0 aliphatic carbocycles. The predicted octanol–water partition coefficient (Wildman–Crippen LogP) is 4.18. The van der Waals surface area contributed by atoms with Crippen molar-refractivity contribution in [1.29, 1.82) is 0 Å². The van der Waals surface area contributed by atoms with Crippen LogP contribution in [0.3, 0.4) is 0 Å². The predicted molar refractivity (Wildman–Crippen MR) is 83.2 cm³/mol. The molecule has 0 bridgehead atoms. The van der Waals surface area contributed by atoms with Crippen molar-refractivity contribution in [3.63, 3.8) is 0 Å². The highest BCUT2D eigenvalue weighted by atomic mass is 35.5. The Labute approximate surface area is 127 Å². The van der Waals surface area contributed by atoms with Crippen molar-refractivity contribution < 1.29 is 9.66 Å². The second kappa shape index (κ2) is 6.45. The zero-order valence-electron chi connectivity index (χ0n) is 11.7. The van der Waals surface area contributed by atoms with Crippen LogP contribution in [0.5, 0.6) is 5.75 Å². The van der Waals surface area contributed by atoms with E-state index in [4.69, 9.17) is 16.3 Å². The molecule has 6 heteroatoms. The molecule has 0 aliphatic heterocycles. The number of methoxy groups -OCH3 is 1. The van der Waals surface area contributed by atoms with Crippen molar-refractivity contribution in [3.8, 4) is 5.75 Å². The molecule has 0 unspecified atom stereocenters. The van der Waals surface area contributed by atoms with E-state index < -0.39 is 4.92 Å². The highest BCUT2D eigenvalue weighted by Gasteiger charge is 2.10. The molecule has 0 amide bonds. The lowest BCUT2D eigenvalue weighted by molar-refractivity contribution is -0.384. The molecule has 0 radical (unpaired) electrons. The van der Waals surface area contributed by atoms with E-state index in [-0.39, 0.29) is 5.69 Å². The van der Waals surface area contributed by atoms with Gasteiger partial charge in [0.1, 0.15) is 5.75 Å². The lowest BCUT2D eigenvalue weighted by atomic mass is 10.1. The lowest BCUT2D eigenvalue weighted by Gasteiger charge is -2.12. The fourth-order valence-corrected chi connectivity index (χ4v) is 2.14. The van der Waals surface area contributed by atoms with E-state index in [2.05, 4.69) is 5.32 Å². The molecule has 2 aromatic rings. The first kappa shape index (κ1) is 15.1. The molecular formula is C15H15ClN2O3. The van der Waals surface area contributed by atoms with Crippen molar-refractivity contribution in [3.05, 3.63) is 62.7 Å². The number of aryl methyl sites for hydroxylation is 1. The van der Waals surface area contributed by atoms with E-state index in [9.17, 15) is 10.1 Å². The Morgan fingerprint density at radius 2 is 2.05 bits per heavy atom. The molecule has 0 heterocycles. The molecule has 0 aliphatic rings. The van der Waals surface area contributed by atoms with Crippen LogP contribution in [0.2, 0.25) is 5.02 Å². The van der Waals surface area contributed by atoms with Crippen LogP contribution in [-0.4, -0.2) is 12.0 Å². The molecule has 0 spiro atoms. The summed E-state index contributed by atoms with van der Waals surface area (Å²) in [6.07, 6.45) is 0. The Bertz CT molecular complexity index is 674. The number of benzene rings is 2. The minimum atomic E-state index is -0.437. The van der Waals surface area contributed by atoms with Crippen LogP contribution in [0, 0.1) is 17.0 Å². The van der Waals surface area contributed by atoms with Crippen molar-refractivity contribution >= 4 is 23.0 Å². The van der Waals surface area contributed by atoms with Gasteiger partial charge in [-0.1, -0.05) is 17.7 Å². The Balaban J connectivity index is 2.22. The molecule has 0 aromatic heterocycles. The first-order chi connectivity index (χ1) is 10.0. The van der Waals surface area contributed by atoms with E-state index in [1.807, 2.05) is 25.1 Å². The molecule has 2 rings (SSSR count). The highest BCUT2D eigenvalue weighted by molar-refractivity contribution is 6.31. The summed E-state index contributed by atoms with van der Waals surface area (Å²) >= 11 is 6.08. The average Bonchev–Trinajstić information content (AvgIpc) is 2.46. The van der Waals surface area contributed by atoms with Gasteiger partial charge in [-0.2, -0.15) is 0 Å². The Morgan fingerprint density at radius 1 is 1.29 bits per heavy atom. The van der Waals surface area contributed by atoms with Crippen LogP contribution in [0.25, 0.3) is 0 Å². The van der Waals surface area contributed by atoms with Crippen molar-refractivity contribution in [1.82, 2.24) is 0 Å². The Hall–Kier alpha value is -2.27. The number of non-ortho nitro benzene ring substituents is 1. The van der Waals surface area contributed by atoms with Crippen LogP contribution in [0.4, 0.5) is 11.4 Å². The maximum Gasteiger partial charge on any atom is 0.269 e. The number of anilines is 1. The molecule has 0 fully saturated rings. The summed E-state index contributed by atoms with van der Waals surface area (Å²) in [5, 5.41) is 14.5. The maximum absolute atomic E-state index is 10.8. The number of nitro benzene ring substituents is 1. The van der Waals surface area contributed by atoms with Gasteiger partial charge in [-0.3, -0.25) is 10.1 Å². The zero-order chi connectivity index (χ0) is 15.4. The molecule has 21 heavy (non-hydrogen) atoms. The smallest absolute Gasteiger partial charge is 0.269 e. The van der Waals surface area contributed by atoms with Gasteiger partial charge in [0.2, 0.25) is 0 Å². The highest BCUT2D eigenvalue weighted by Crippen LogP contribution is 2.28. The fraction of sp³-hybridized carbons (Fsp3) is 0.200. The maximum atomic E-state index is 10.8. The Morgan fingerprint density at radius 3 is 2.71 bits per heavy atom. The summed E-state index contributed by atoms with van der Waals surface area (Å²) in [5.41, 5.74) is 2.59. The van der Waals surface area contributed by atoms with Gasteiger partial charge >= 0.3 is 0 Å². The number of halogens is 1. The molecule has 0 atom stereocenters. The number of hydrogen-bond acceptors (Lipinski definition) is 4. The third-order valence-corrected chi connectivity index (χ3v) is 3.43. The van der Waals surface area contributed by atoms with Crippen LogP contribution in [0.1, 0.15) is 11.1 Å². The summed E-state index contributed by atoms with van der Waals surface area (Å²) in [4.78, 5) is 10.4. The molecule has 2 aromatic carbocycles. The minimum absolute atomic E-state index is 0.0207. The zero-order valence-corrected chi connectivity index (χ0v) is 12.5. The quantitative estimate of drug-likeness (QED) is 0.665. The number of rotatable bonds is 5. The summed E-state index contributed by atoms with van der Waals surface area (Å²) in [5.74, 6) is 0.710. The van der Waals surface area contributed by atoms with Crippen molar-refractivity contribution in [2.45, 2.75) is 13.5 Å². The topological polar surface area (TPSA) is 64.4 Å². The van der Waals surface area contributed by atoms with E-state index in [1.165, 1.54) is 18.2 Å². The van der Waals surface area contributed by atoms with Crippen LogP contribution >= 0.6 is 11.6 Å². The van der Waals surface area contributed by atoms with Gasteiger partial charge in [0.05, 0.1) is 17.7 Å². The number of ether oxygens (including phenoxy) is 1. The number of nitrogens with zero attached hydrogens (tertiary/aromatic N) is 1. The lowest BCUT2D eigenvalue weighted by Crippen LogP contribution is -2.03. The van der Waals surface area contributed by atoms with E-state index in [0.29, 0.717) is 22.9 Å². The van der Waals surface area contributed by atoms with Gasteiger partial charge in [0.15, 0.2) is 0 Å². The van der Waals surface area contributed by atoms with Crippen molar-refractivity contribution in [2.24, 2.45) is 0 Å². The minimum Gasteiger partial charge on any atom is -0.495 e. The van der Waals surface area contributed by atoms with Crippen LogP contribution < -0.4 is 10.1 Å². The van der Waals surface area contributed by atoms with Crippen molar-refractivity contribution in [2.75, 3.05) is 12.4 Å². The second-order valence-corrected chi connectivity index (χ2v) is 5.00. The fourth-order valence-electron chi connectivity index (χ4n) is 1.96. The van der Waals surface area contributed by atoms with Gasteiger partial charge < -0.3 is 10.1 Å². The van der Waals surface area contributed by atoms with Gasteiger partial charge in [-0.25, -0.2) is 0 Å². The SMILES string of the molecule is COc1ccc(C)cc1NCc1cc([N+](=O)[O-])ccc1Cl. The molecule has 0 saturated carbocycles. The molecule has 0 saturated heterocycles. The number of nitrogens with one attached hydrogen (secondary N) is 1. The normalized spacial score (nSPS) is 10.2. The largest absolute Gasteiger partial charge is 0.495 e. The van der Waals surface area contributed by atoms with E-state index >= 15 is 0 Å². The third kappa shape index (κ3) is 3.64. The van der Waals surface area contributed by atoms with Crippen LogP contribution in [-0.2, 0) is 6.54 Å². The van der Waals surface area contributed by atoms with Gasteiger partial charge in [-0.15, -0.1) is 0 Å². The summed E-state index contributed by atoms with van der Waals surface area (Å²) in [6, 6.07) is 10.2. The van der Waals surface area contributed by atoms with Gasteiger partial charge in [0.25, 0.3) is 5.69 Å². The summed E-state index contributed by atoms with van der Waals surface area (Å²) in [7, 11) is 1.59. The number of hydrogen-bond donors (Lipinski definition) is 1. The first-order valence-corrected chi connectivity index (χ1v) is 6.70. The van der Waals surface area contributed by atoms with Gasteiger partial charge in [-0.05, 0) is 36.2 Å².